The van der Waals surface area contributed by atoms with Gasteiger partial charge < -0.3 is 10.4 Å². The number of hydrogen-bond donors (Lipinski definition) is 2. The van der Waals surface area contributed by atoms with Crippen molar-refractivity contribution >= 4 is 23.5 Å². The number of aryl methyl sites for hydroxylation is 2. The number of carboxylic acid groups (broad SMARTS) is 1. The highest BCUT2D eigenvalue weighted by Crippen LogP contribution is 2.25. The first kappa shape index (κ1) is 15.2. The Kier molecular flexibility index (Phi) is 5.29. The Hall–Kier alpha value is -1.23. The molecule has 0 saturated carbocycles. The molecule has 0 spiro atoms. The first-order chi connectivity index (χ1) is 9.61. The summed E-state index contributed by atoms with van der Waals surface area (Å²) >= 11 is 1.82. The Morgan fingerprint density at radius 2 is 2.25 bits per heavy atom. The standard InChI is InChI=1S/C15H22N2O2S/c1-10(20-2)7-8-16-14-12(15(18)19)9-11-5-3-4-6-13(11)17-14/h9-10H,3-8H2,1-2H3,(H,16,17)(H,18,19). The Balaban J connectivity index is 2.15. The number of carbonyl (C=O) groups is 1. The molecule has 0 radical (unpaired) electrons. The summed E-state index contributed by atoms with van der Waals surface area (Å²) < 4.78 is 0. The third kappa shape index (κ3) is 3.66. The van der Waals surface area contributed by atoms with E-state index < -0.39 is 5.97 Å². The van der Waals surface area contributed by atoms with Gasteiger partial charge in [-0.25, -0.2) is 9.78 Å². The topological polar surface area (TPSA) is 62.2 Å². The number of hydrogen-bond acceptors (Lipinski definition) is 4. The normalized spacial score (nSPS) is 15.5. The summed E-state index contributed by atoms with van der Waals surface area (Å²) in [5.41, 5.74) is 2.49. The van der Waals surface area contributed by atoms with E-state index in [1.165, 1.54) is 0 Å². The highest BCUT2D eigenvalue weighted by atomic mass is 32.2. The lowest BCUT2D eigenvalue weighted by Gasteiger charge is -2.18. The summed E-state index contributed by atoms with van der Waals surface area (Å²) in [4.78, 5) is 15.9. The van der Waals surface area contributed by atoms with Gasteiger partial charge in [0.25, 0.3) is 0 Å². The average molecular weight is 294 g/mol. The van der Waals surface area contributed by atoms with Crippen LogP contribution in [0, 0.1) is 0 Å². The van der Waals surface area contributed by atoms with Gasteiger partial charge >= 0.3 is 5.97 Å². The molecule has 1 aliphatic carbocycles. The maximum atomic E-state index is 11.4. The van der Waals surface area contributed by atoms with E-state index in [4.69, 9.17) is 0 Å². The molecule has 110 valence electrons. The van der Waals surface area contributed by atoms with Crippen molar-refractivity contribution in [3.05, 3.63) is 22.9 Å². The molecule has 0 aliphatic heterocycles. The van der Waals surface area contributed by atoms with Crippen LogP contribution in [-0.2, 0) is 12.8 Å². The number of nitrogens with zero attached hydrogens (tertiary/aromatic N) is 1. The molecule has 1 aromatic heterocycles. The zero-order valence-corrected chi connectivity index (χ0v) is 12.9. The molecule has 1 atom stereocenters. The van der Waals surface area contributed by atoms with Crippen LogP contribution in [0.4, 0.5) is 5.82 Å². The van der Waals surface area contributed by atoms with Gasteiger partial charge in [-0.15, -0.1) is 0 Å². The van der Waals surface area contributed by atoms with Gasteiger partial charge in [0.05, 0.1) is 0 Å². The molecule has 0 aromatic carbocycles. The summed E-state index contributed by atoms with van der Waals surface area (Å²) in [6, 6.07) is 1.81. The van der Waals surface area contributed by atoms with Crippen LogP contribution in [-0.4, -0.2) is 34.1 Å². The van der Waals surface area contributed by atoms with Crippen molar-refractivity contribution in [2.24, 2.45) is 0 Å². The second-order valence-corrected chi connectivity index (χ2v) is 6.54. The van der Waals surface area contributed by atoms with Crippen molar-refractivity contribution in [2.75, 3.05) is 18.1 Å². The number of thioether (sulfide) groups is 1. The zero-order valence-electron chi connectivity index (χ0n) is 12.1. The monoisotopic (exact) mass is 294 g/mol. The smallest absolute Gasteiger partial charge is 0.339 e. The molecule has 0 saturated heterocycles. The highest BCUT2D eigenvalue weighted by Gasteiger charge is 2.18. The average Bonchev–Trinajstić information content (AvgIpc) is 2.46. The number of pyridine rings is 1. The number of aromatic carboxylic acids is 1. The van der Waals surface area contributed by atoms with Crippen molar-refractivity contribution in [1.82, 2.24) is 4.98 Å². The van der Waals surface area contributed by atoms with Crippen LogP contribution in [0.15, 0.2) is 6.07 Å². The molecule has 0 fully saturated rings. The SMILES string of the molecule is CSC(C)CCNc1nc2c(cc1C(=O)O)CCCC2. The number of aromatic nitrogens is 1. The predicted octanol–water partition coefficient (Wildman–Crippen LogP) is 3.21. The van der Waals surface area contributed by atoms with E-state index in [0.717, 1.165) is 49.9 Å². The number of fused-ring (bicyclic) bond motifs is 1. The molecule has 1 heterocycles. The van der Waals surface area contributed by atoms with Crippen molar-refractivity contribution < 1.29 is 9.90 Å². The van der Waals surface area contributed by atoms with E-state index in [9.17, 15) is 9.90 Å². The van der Waals surface area contributed by atoms with Gasteiger partial charge in [0.2, 0.25) is 0 Å². The number of carboxylic acids is 1. The largest absolute Gasteiger partial charge is 0.478 e. The molecule has 1 aromatic rings. The van der Waals surface area contributed by atoms with Crippen LogP contribution in [0.25, 0.3) is 0 Å². The molecule has 4 nitrogen and oxygen atoms in total. The van der Waals surface area contributed by atoms with Crippen LogP contribution in [0.1, 0.15) is 47.8 Å². The fourth-order valence-corrected chi connectivity index (χ4v) is 2.80. The lowest BCUT2D eigenvalue weighted by atomic mass is 9.94. The second kappa shape index (κ2) is 6.97. The number of rotatable bonds is 6. The molecule has 1 unspecified atom stereocenters. The van der Waals surface area contributed by atoms with Crippen molar-refractivity contribution in [3.8, 4) is 0 Å². The van der Waals surface area contributed by atoms with Crippen molar-refractivity contribution in [1.29, 1.82) is 0 Å². The van der Waals surface area contributed by atoms with Crippen molar-refractivity contribution in [2.45, 2.75) is 44.3 Å². The molecule has 1 aliphatic rings. The predicted molar refractivity (Wildman–Crippen MR) is 83.9 cm³/mol. The summed E-state index contributed by atoms with van der Waals surface area (Å²) in [7, 11) is 0. The Morgan fingerprint density at radius 3 is 2.95 bits per heavy atom. The minimum atomic E-state index is -0.897. The van der Waals surface area contributed by atoms with Gasteiger partial charge in [0, 0.05) is 17.5 Å². The Bertz CT molecular complexity index is 491. The Morgan fingerprint density at radius 1 is 1.50 bits per heavy atom. The molecule has 0 bridgehead atoms. The second-order valence-electron chi connectivity index (χ2n) is 5.26. The maximum absolute atomic E-state index is 11.4. The van der Waals surface area contributed by atoms with Crippen LogP contribution in [0.2, 0.25) is 0 Å². The summed E-state index contributed by atoms with van der Waals surface area (Å²) in [6.07, 6.45) is 7.28. The third-order valence-electron chi connectivity index (χ3n) is 3.78. The fourth-order valence-electron chi connectivity index (χ4n) is 2.44. The van der Waals surface area contributed by atoms with Gasteiger partial charge in [-0.1, -0.05) is 6.92 Å². The number of anilines is 1. The molecule has 5 heteroatoms. The Labute approximate surface area is 124 Å². The summed E-state index contributed by atoms with van der Waals surface area (Å²) in [5, 5.41) is 13.1. The zero-order chi connectivity index (χ0) is 14.5. The van der Waals surface area contributed by atoms with Gasteiger partial charge in [0.15, 0.2) is 0 Å². The minimum absolute atomic E-state index is 0.308. The highest BCUT2D eigenvalue weighted by molar-refractivity contribution is 7.99. The van der Waals surface area contributed by atoms with E-state index in [2.05, 4.69) is 23.5 Å². The lowest BCUT2D eigenvalue weighted by Crippen LogP contribution is -2.16. The van der Waals surface area contributed by atoms with Crippen LogP contribution >= 0.6 is 11.8 Å². The fraction of sp³-hybridized carbons (Fsp3) is 0.600. The van der Waals surface area contributed by atoms with Gasteiger partial charge in [0.1, 0.15) is 11.4 Å². The molecule has 0 amide bonds. The summed E-state index contributed by atoms with van der Waals surface area (Å²) in [5.74, 6) is -0.363. The first-order valence-corrected chi connectivity index (χ1v) is 8.43. The number of nitrogens with one attached hydrogen (secondary N) is 1. The van der Waals surface area contributed by atoms with Gasteiger partial charge in [-0.3, -0.25) is 0 Å². The molecular weight excluding hydrogens is 272 g/mol. The van der Waals surface area contributed by atoms with E-state index in [-0.39, 0.29) is 0 Å². The van der Waals surface area contributed by atoms with Gasteiger partial charge in [-0.2, -0.15) is 11.8 Å². The first-order valence-electron chi connectivity index (χ1n) is 7.14. The van der Waals surface area contributed by atoms with Crippen molar-refractivity contribution in [3.63, 3.8) is 0 Å². The lowest BCUT2D eigenvalue weighted by molar-refractivity contribution is 0.0697. The third-order valence-corrected chi connectivity index (χ3v) is 4.82. The van der Waals surface area contributed by atoms with Gasteiger partial charge in [-0.05, 0) is 50.0 Å². The molecule has 20 heavy (non-hydrogen) atoms. The quantitative estimate of drug-likeness (QED) is 0.843. The van der Waals surface area contributed by atoms with Crippen LogP contribution in [0.5, 0.6) is 0 Å². The van der Waals surface area contributed by atoms with Crippen LogP contribution < -0.4 is 5.32 Å². The molecule has 2 N–H and O–H groups in total. The maximum Gasteiger partial charge on any atom is 0.339 e. The minimum Gasteiger partial charge on any atom is -0.478 e. The van der Waals surface area contributed by atoms with E-state index in [0.29, 0.717) is 16.6 Å². The van der Waals surface area contributed by atoms with E-state index in [1.807, 2.05) is 17.8 Å². The summed E-state index contributed by atoms with van der Waals surface area (Å²) in [6.45, 7) is 2.93. The van der Waals surface area contributed by atoms with E-state index >= 15 is 0 Å². The molecular formula is C15H22N2O2S. The van der Waals surface area contributed by atoms with Crippen LogP contribution in [0.3, 0.4) is 0 Å². The molecule has 2 rings (SSSR count). The van der Waals surface area contributed by atoms with E-state index in [1.54, 1.807) is 0 Å².